The van der Waals surface area contributed by atoms with Crippen molar-refractivity contribution >= 4 is 5.97 Å². The second-order valence-corrected chi connectivity index (χ2v) is 3.40. The topological polar surface area (TPSA) is 55.1 Å². The molecule has 2 aromatic rings. The van der Waals surface area contributed by atoms with Gasteiger partial charge in [-0.2, -0.15) is 5.10 Å². The Morgan fingerprint density at radius 2 is 2.19 bits per heavy atom. The quantitative estimate of drug-likeness (QED) is 0.842. The molecule has 4 nitrogen and oxygen atoms in total. The largest absolute Gasteiger partial charge is 0.478 e. The molecule has 1 heterocycles. The molecule has 16 heavy (non-hydrogen) atoms. The van der Waals surface area contributed by atoms with Crippen molar-refractivity contribution in [2.45, 2.75) is 6.92 Å². The number of rotatable bonds is 2. The van der Waals surface area contributed by atoms with Gasteiger partial charge in [-0.1, -0.05) is 0 Å². The summed E-state index contributed by atoms with van der Waals surface area (Å²) >= 11 is 0. The maximum Gasteiger partial charge on any atom is 0.335 e. The normalized spacial score (nSPS) is 10.4. The van der Waals surface area contributed by atoms with Crippen LogP contribution in [0.5, 0.6) is 0 Å². The van der Waals surface area contributed by atoms with Gasteiger partial charge in [-0.05, 0) is 31.2 Å². The molecule has 2 rings (SSSR count). The van der Waals surface area contributed by atoms with Crippen molar-refractivity contribution in [1.29, 1.82) is 0 Å². The fourth-order valence-corrected chi connectivity index (χ4v) is 1.39. The molecular weight excluding hydrogens is 211 g/mol. The van der Waals surface area contributed by atoms with Crippen LogP contribution in [-0.4, -0.2) is 20.9 Å². The van der Waals surface area contributed by atoms with E-state index in [1.807, 2.05) is 0 Å². The molecule has 0 spiro atoms. The second-order valence-electron chi connectivity index (χ2n) is 3.40. The Balaban J connectivity index is 2.53. The van der Waals surface area contributed by atoms with E-state index in [1.54, 1.807) is 19.2 Å². The van der Waals surface area contributed by atoms with E-state index in [4.69, 9.17) is 5.11 Å². The first-order valence-corrected chi connectivity index (χ1v) is 4.63. The van der Waals surface area contributed by atoms with E-state index < -0.39 is 11.8 Å². The predicted octanol–water partition coefficient (Wildman–Crippen LogP) is 2.02. The van der Waals surface area contributed by atoms with Crippen molar-refractivity contribution in [1.82, 2.24) is 9.78 Å². The molecule has 5 heteroatoms. The lowest BCUT2D eigenvalue weighted by Crippen LogP contribution is -2.02. The van der Waals surface area contributed by atoms with Gasteiger partial charge in [0, 0.05) is 6.20 Å². The molecule has 1 aromatic carbocycles. The van der Waals surface area contributed by atoms with Gasteiger partial charge in [-0.25, -0.2) is 13.9 Å². The zero-order chi connectivity index (χ0) is 11.7. The molecule has 0 saturated heterocycles. The lowest BCUT2D eigenvalue weighted by Gasteiger charge is -2.03. The zero-order valence-corrected chi connectivity index (χ0v) is 8.51. The van der Waals surface area contributed by atoms with E-state index in [-0.39, 0.29) is 5.56 Å². The number of hydrogen-bond donors (Lipinski definition) is 1. The summed E-state index contributed by atoms with van der Waals surface area (Å²) in [6.07, 6.45) is 1.65. The average molecular weight is 220 g/mol. The monoisotopic (exact) mass is 220 g/mol. The van der Waals surface area contributed by atoms with Gasteiger partial charge in [0.15, 0.2) is 0 Å². The molecule has 0 aliphatic rings. The van der Waals surface area contributed by atoms with Gasteiger partial charge < -0.3 is 5.11 Å². The smallest absolute Gasteiger partial charge is 0.335 e. The minimum Gasteiger partial charge on any atom is -0.478 e. The molecule has 0 aliphatic heterocycles. The number of hydrogen-bond acceptors (Lipinski definition) is 2. The van der Waals surface area contributed by atoms with E-state index in [0.717, 1.165) is 11.8 Å². The number of aryl methyl sites for hydroxylation is 1. The van der Waals surface area contributed by atoms with E-state index in [2.05, 4.69) is 5.10 Å². The van der Waals surface area contributed by atoms with Crippen molar-refractivity contribution in [3.05, 3.63) is 47.5 Å². The first kappa shape index (κ1) is 10.4. The Morgan fingerprint density at radius 3 is 2.75 bits per heavy atom. The number of carboxylic acids is 1. The number of benzene rings is 1. The molecule has 1 aromatic heterocycles. The van der Waals surface area contributed by atoms with Crippen LogP contribution in [0, 0.1) is 12.7 Å². The van der Waals surface area contributed by atoms with Crippen LogP contribution in [-0.2, 0) is 0 Å². The third-order valence-corrected chi connectivity index (χ3v) is 2.12. The van der Waals surface area contributed by atoms with E-state index in [9.17, 15) is 9.18 Å². The third kappa shape index (κ3) is 1.93. The Morgan fingerprint density at radius 1 is 1.44 bits per heavy atom. The Bertz CT molecular complexity index is 549. The summed E-state index contributed by atoms with van der Waals surface area (Å²) in [4.78, 5) is 10.7. The molecule has 0 saturated carbocycles. The molecule has 1 N–H and O–H groups in total. The minimum atomic E-state index is -1.16. The highest BCUT2D eigenvalue weighted by Crippen LogP contribution is 2.13. The molecule has 0 unspecified atom stereocenters. The zero-order valence-electron chi connectivity index (χ0n) is 8.51. The molecule has 0 fully saturated rings. The van der Waals surface area contributed by atoms with E-state index in [0.29, 0.717) is 5.69 Å². The van der Waals surface area contributed by atoms with Crippen LogP contribution in [0.3, 0.4) is 0 Å². The van der Waals surface area contributed by atoms with E-state index in [1.165, 1.54) is 16.8 Å². The van der Waals surface area contributed by atoms with Gasteiger partial charge in [0.25, 0.3) is 0 Å². The number of nitrogens with zero attached hydrogens (tertiary/aromatic N) is 2. The maximum absolute atomic E-state index is 13.2. The van der Waals surface area contributed by atoms with Crippen LogP contribution in [0.4, 0.5) is 4.39 Å². The standard InChI is InChI=1S/C11H9FN2O2/c1-7-2-3-14(13-7)10-5-8(11(15)16)4-9(12)6-10/h2-6H,1H3,(H,15,16). The number of aromatic carboxylic acids is 1. The van der Waals surface area contributed by atoms with Crippen LogP contribution in [0.15, 0.2) is 30.5 Å². The molecule has 0 atom stereocenters. The second kappa shape index (κ2) is 3.77. The predicted molar refractivity (Wildman–Crippen MR) is 55.2 cm³/mol. The summed E-state index contributed by atoms with van der Waals surface area (Å²) in [6, 6.07) is 5.34. The summed E-state index contributed by atoms with van der Waals surface area (Å²) in [5.41, 5.74) is 1.08. The summed E-state index contributed by atoms with van der Waals surface area (Å²) in [6.45, 7) is 1.80. The third-order valence-electron chi connectivity index (χ3n) is 2.12. The molecule has 0 bridgehead atoms. The van der Waals surface area contributed by atoms with Gasteiger partial charge in [0.1, 0.15) is 5.82 Å². The summed E-state index contributed by atoms with van der Waals surface area (Å²) < 4.78 is 14.6. The average Bonchev–Trinajstić information content (AvgIpc) is 2.64. The molecular formula is C11H9FN2O2. The Kier molecular flexibility index (Phi) is 2.44. The van der Waals surface area contributed by atoms with Gasteiger partial charge in [0.2, 0.25) is 0 Å². The molecule has 82 valence electrons. The van der Waals surface area contributed by atoms with E-state index >= 15 is 0 Å². The van der Waals surface area contributed by atoms with Gasteiger partial charge in [-0.15, -0.1) is 0 Å². The summed E-state index contributed by atoms with van der Waals surface area (Å²) in [7, 11) is 0. The number of carboxylic acid groups (broad SMARTS) is 1. The highest BCUT2D eigenvalue weighted by Gasteiger charge is 2.08. The van der Waals surface area contributed by atoms with Crippen molar-refractivity contribution in [2.24, 2.45) is 0 Å². The fraction of sp³-hybridized carbons (Fsp3) is 0.0909. The number of halogens is 1. The van der Waals surface area contributed by atoms with Crippen molar-refractivity contribution < 1.29 is 14.3 Å². The van der Waals surface area contributed by atoms with Crippen molar-refractivity contribution in [2.75, 3.05) is 0 Å². The van der Waals surface area contributed by atoms with Crippen molar-refractivity contribution in [3.8, 4) is 5.69 Å². The molecule has 0 aliphatic carbocycles. The van der Waals surface area contributed by atoms with Crippen LogP contribution in [0.25, 0.3) is 5.69 Å². The van der Waals surface area contributed by atoms with Crippen LogP contribution < -0.4 is 0 Å². The van der Waals surface area contributed by atoms with Gasteiger partial charge >= 0.3 is 5.97 Å². The number of aromatic nitrogens is 2. The lowest BCUT2D eigenvalue weighted by atomic mass is 10.2. The molecule has 0 radical (unpaired) electrons. The Hall–Kier alpha value is -2.17. The maximum atomic E-state index is 13.2. The highest BCUT2D eigenvalue weighted by molar-refractivity contribution is 5.88. The highest BCUT2D eigenvalue weighted by atomic mass is 19.1. The first-order chi connectivity index (χ1) is 7.56. The summed E-state index contributed by atoms with van der Waals surface area (Å²) in [5, 5.41) is 12.9. The van der Waals surface area contributed by atoms with Crippen LogP contribution in [0.2, 0.25) is 0 Å². The summed E-state index contributed by atoms with van der Waals surface area (Å²) in [5.74, 6) is -1.76. The fourth-order valence-electron chi connectivity index (χ4n) is 1.39. The Labute approximate surface area is 90.9 Å². The lowest BCUT2D eigenvalue weighted by molar-refractivity contribution is 0.0696. The minimum absolute atomic E-state index is 0.0943. The number of carbonyl (C=O) groups is 1. The van der Waals surface area contributed by atoms with Gasteiger partial charge in [-0.3, -0.25) is 0 Å². The van der Waals surface area contributed by atoms with Crippen LogP contribution in [0.1, 0.15) is 16.1 Å². The van der Waals surface area contributed by atoms with Crippen LogP contribution >= 0.6 is 0 Å². The SMILES string of the molecule is Cc1ccn(-c2cc(F)cc(C(=O)O)c2)n1. The van der Waals surface area contributed by atoms with Gasteiger partial charge in [0.05, 0.1) is 16.9 Å². The van der Waals surface area contributed by atoms with Crippen molar-refractivity contribution in [3.63, 3.8) is 0 Å². The molecule has 0 amide bonds. The first-order valence-electron chi connectivity index (χ1n) is 4.63.